The maximum atomic E-state index is 6.01. The number of fused-ring (bicyclic) bond motifs is 1. The second-order valence-corrected chi connectivity index (χ2v) is 6.32. The van der Waals surface area contributed by atoms with Crippen molar-refractivity contribution >= 4 is 45.6 Å². The van der Waals surface area contributed by atoms with E-state index in [1.807, 2.05) is 25.1 Å². The maximum Gasteiger partial charge on any atom is 0.124 e. The van der Waals surface area contributed by atoms with Crippen LogP contribution in [0.5, 0.6) is 0 Å². The fourth-order valence-corrected chi connectivity index (χ4v) is 3.27. The minimum Gasteiger partial charge on any atom is -0.327 e. The van der Waals surface area contributed by atoms with Crippen molar-refractivity contribution in [2.45, 2.75) is 25.8 Å². The van der Waals surface area contributed by atoms with Crippen LogP contribution in [0.25, 0.3) is 11.0 Å². The molecular formula is C14H13Cl2N3S. The van der Waals surface area contributed by atoms with Gasteiger partial charge in [-0.25, -0.2) is 9.97 Å². The van der Waals surface area contributed by atoms with E-state index in [0.29, 0.717) is 10.9 Å². The Hall–Kier alpha value is -1.10. The Morgan fingerprint density at radius 1 is 1.30 bits per heavy atom. The van der Waals surface area contributed by atoms with Crippen molar-refractivity contribution < 1.29 is 0 Å². The van der Waals surface area contributed by atoms with Crippen molar-refractivity contribution in [3.63, 3.8) is 0 Å². The SMILES string of the molecule is Cc1nc(CCn2c(CCl)nc3cc(Cl)ccc32)cs1. The van der Waals surface area contributed by atoms with Crippen molar-refractivity contribution in [3.05, 3.63) is 45.1 Å². The van der Waals surface area contributed by atoms with Crippen LogP contribution in [0, 0.1) is 6.92 Å². The van der Waals surface area contributed by atoms with Crippen LogP contribution >= 0.6 is 34.5 Å². The fourth-order valence-electron chi connectivity index (χ4n) is 2.25. The molecule has 0 amide bonds. The molecule has 3 nitrogen and oxygen atoms in total. The van der Waals surface area contributed by atoms with Crippen LogP contribution in [0.4, 0.5) is 0 Å². The lowest BCUT2D eigenvalue weighted by molar-refractivity contribution is 0.680. The average Bonchev–Trinajstić information content (AvgIpc) is 2.99. The summed E-state index contributed by atoms with van der Waals surface area (Å²) >= 11 is 13.7. The van der Waals surface area contributed by atoms with Gasteiger partial charge in [0.2, 0.25) is 0 Å². The summed E-state index contributed by atoms with van der Waals surface area (Å²) < 4.78 is 2.15. The molecule has 0 aliphatic rings. The van der Waals surface area contributed by atoms with Gasteiger partial charge in [-0.1, -0.05) is 11.6 Å². The van der Waals surface area contributed by atoms with Crippen LogP contribution in [0.1, 0.15) is 16.5 Å². The molecule has 20 heavy (non-hydrogen) atoms. The molecule has 0 fully saturated rings. The first-order valence-electron chi connectivity index (χ1n) is 6.29. The van der Waals surface area contributed by atoms with Gasteiger partial charge in [-0.15, -0.1) is 22.9 Å². The molecule has 2 heterocycles. The van der Waals surface area contributed by atoms with Gasteiger partial charge in [0.25, 0.3) is 0 Å². The maximum absolute atomic E-state index is 6.01. The first kappa shape index (κ1) is 13.9. The monoisotopic (exact) mass is 325 g/mol. The summed E-state index contributed by atoms with van der Waals surface area (Å²) in [5, 5.41) is 3.89. The highest BCUT2D eigenvalue weighted by Crippen LogP contribution is 2.22. The second kappa shape index (κ2) is 5.72. The largest absolute Gasteiger partial charge is 0.327 e. The number of imidazole rings is 1. The lowest BCUT2D eigenvalue weighted by Crippen LogP contribution is -2.05. The number of aryl methyl sites for hydroxylation is 3. The Bertz CT molecular complexity index is 748. The van der Waals surface area contributed by atoms with Crippen LogP contribution in [0.2, 0.25) is 5.02 Å². The molecule has 2 aromatic heterocycles. The van der Waals surface area contributed by atoms with Crippen LogP contribution in [0.15, 0.2) is 23.6 Å². The number of alkyl halides is 1. The number of aromatic nitrogens is 3. The van der Waals surface area contributed by atoms with Crippen molar-refractivity contribution in [3.8, 4) is 0 Å². The molecule has 0 spiro atoms. The van der Waals surface area contributed by atoms with Gasteiger partial charge >= 0.3 is 0 Å². The Labute approximate surface area is 131 Å². The summed E-state index contributed by atoms with van der Waals surface area (Å²) in [6, 6.07) is 5.75. The van der Waals surface area contributed by atoms with Crippen molar-refractivity contribution in [1.82, 2.24) is 14.5 Å². The molecule has 0 aliphatic heterocycles. The van der Waals surface area contributed by atoms with Gasteiger partial charge < -0.3 is 4.57 Å². The smallest absolute Gasteiger partial charge is 0.124 e. The van der Waals surface area contributed by atoms with Crippen molar-refractivity contribution in [2.75, 3.05) is 0 Å². The van der Waals surface area contributed by atoms with Gasteiger partial charge in [0.1, 0.15) is 5.82 Å². The number of thiazole rings is 1. The highest BCUT2D eigenvalue weighted by Gasteiger charge is 2.11. The normalized spacial score (nSPS) is 11.3. The van der Waals surface area contributed by atoms with E-state index in [4.69, 9.17) is 23.2 Å². The van der Waals surface area contributed by atoms with E-state index in [9.17, 15) is 0 Å². The number of nitrogens with zero attached hydrogens (tertiary/aromatic N) is 3. The standard InChI is InChI=1S/C14H13Cl2N3S/c1-9-17-11(8-20-9)4-5-19-13-3-2-10(16)6-12(13)18-14(19)7-15/h2-3,6,8H,4-5,7H2,1H3. The highest BCUT2D eigenvalue weighted by atomic mass is 35.5. The van der Waals surface area contributed by atoms with E-state index < -0.39 is 0 Å². The first-order valence-corrected chi connectivity index (χ1v) is 8.08. The number of benzene rings is 1. The van der Waals surface area contributed by atoms with E-state index in [1.165, 1.54) is 0 Å². The van der Waals surface area contributed by atoms with Gasteiger partial charge in [-0.05, 0) is 25.1 Å². The molecule has 0 bridgehead atoms. The number of hydrogen-bond donors (Lipinski definition) is 0. The molecule has 3 aromatic rings. The number of hydrogen-bond acceptors (Lipinski definition) is 3. The molecule has 0 aliphatic carbocycles. The first-order chi connectivity index (χ1) is 9.67. The third-order valence-electron chi connectivity index (χ3n) is 3.17. The van der Waals surface area contributed by atoms with Gasteiger partial charge in [0.05, 0.1) is 27.6 Å². The fraction of sp³-hybridized carbons (Fsp3) is 0.286. The molecule has 3 rings (SSSR count). The molecular weight excluding hydrogens is 313 g/mol. The summed E-state index contributed by atoms with van der Waals surface area (Å²) in [5.41, 5.74) is 3.07. The molecule has 0 atom stereocenters. The molecule has 1 aromatic carbocycles. The minimum atomic E-state index is 0.391. The van der Waals surface area contributed by atoms with E-state index in [-0.39, 0.29) is 0 Å². The van der Waals surface area contributed by atoms with E-state index in [2.05, 4.69) is 19.9 Å². The number of rotatable bonds is 4. The summed E-state index contributed by atoms with van der Waals surface area (Å²) in [7, 11) is 0. The van der Waals surface area contributed by atoms with E-state index in [1.54, 1.807) is 11.3 Å². The van der Waals surface area contributed by atoms with Gasteiger partial charge in [0.15, 0.2) is 0 Å². The van der Waals surface area contributed by atoms with Gasteiger partial charge in [0, 0.05) is 23.4 Å². The third kappa shape index (κ3) is 2.68. The van der Waals surface area contributed by atoms with Crippen LogP contribution in [-0.4, -0.2) is 14.5 Å². The molecule has 0 saturated heterocycles. The van der Waals surface area contributed by atoms with Crippen LogP contribution in [-0.2, 0) is 18.8 Å². The Morgan fingerprint density at radius 2 is 2.15 bits per heavy atom. The van der Waals surface area contributed by atoms with Crippen LogP contribution in [0.3, 0.4) is 0 Å². The third-order valence-corrected chi connectivity index (χ3v) is 4.46. The number of halogens is 2. The van der Waals surface area contributed by atoms with E-state index in [0.717, 1.165) is 40.5 Å². The van der Waals surface area contributed by atoms with Gasteiger partial charge in [-0.2, -0.15) is 0 Å². The predicted octanol–water partition coefficient (Wildman–Crippen LogP) is 4.44. The summed E-state index contributed by atoms with van der Waals surface area (Å²) in [6.07, 6.45) is 0.877. The molecule has 0 saturated carbocycles. The predicted molar refractivity (Wildman–Crippen MR) is 84.9 cm³/mol. The molecule has 0 radical (unpaired) electrons. The van der Waals surface area contributed by atoms with Gasteiger partial charge in [-0.3, -0.25) is 0 Å². The zero-order chi connectivity index (χ0) is 14.1. The van der Waals surface area contributed by atoms with Crippen molar-refractivity contribution in [1.29, 1.82) is 0 Å². The average molecular weight is 326 g/mol. The lowest BCUT2D eigenvalue weighted by Gasteiger charge is -2.06. The Morgan fingerprint density at radius 3 is 2.85 bits per heavy atom. The Kier molecular flexibility index (Phi) is 3.96. The summed E-state index contributed by atoms with van der Waals surface area (Å²) in [6.45, 7) is 2.84. The zero-order valence-corrected chi connectivity index (χ0v) is 13.3. The molecule has 104 valence electrons. The van der Waals surface area contributed by atoms with Crippen LogP contribution < -0.4 is 0 Å². The highest BCUT2D eigenvalue weighted by molar-refractivity contribution is 7.09. The topological polar surface area (TPSA) is 30.7 Å². The molecule has 0 N–H and O–H groups in total. The quantitative estimate of drug-likeness (QED) is 0.664. The molecule has 6 heteroatoms. The molecule has 0 unspecified atom stereocenters. The Balaban J connectivity index is 1.93. The zero-order valence-electron chi connectivity index (χ0n) is 10.9. The lowest BCUT2D eigenvalue weighted by atomic mass is 10.3. The minimum absolute atomic E-state index is 0.391. The van der Waals surface area contributed by atoms with E-state index >= 15 is 0 Å². The summed E-state index contributed by atoms with van der Waals surface area (Å²) in [4.78, 5) is 9.03. The second-order valence-electron chi connectivity index (χ2n) is 4.55. The summed E-state index contributed by atoms with van der Waals surface area (Å²) in [5.74, 6) is 1.26. The van der Waals surface area contributed by atoms with Crippen molar-refractivity contribution in [2.24, 2.45) is 0 Å².